The molecule has 0 aliphatic carbocycles. The number of esters is 1. The third-order valence-corrected chi connectivity index (χ3v) is 2.27. The lowest BCUT2D eigenvalue weighted by molar-refractivity contribution is -0.204. The van der Waals surface area contributed by atoms with Gasteiger partial charge in [-0.25, -0.2) is 0 Å². The zero-order valence-electron chi connectivity index (χ0n) is 11.9. The highest BCUT2D eigenvalue weighted by Crippen LogP contribution is 2.22. The summed E-state index contributed by atoms with van der Waals surface area (Å²) in [7, 11) is 0. The molecule has 1 aromatic carbocycles. The van der Waals surface area contributed by atoms with Crippen molar-refractivity contribution >= 4 is 5.97 Å². The lowest BCUT2D eigenvalue weighted by Gasteiger charge is -2.14. The topological polar surface area (TPSA) is 44.8 Å². The summed E-state index contributed by atoms with van der Waals surface area (Å²) in [4.78, 5) is 10.6. The molecule has 7 heteroatoms. The SMILES string of the molecule is CC(=O)OC(C#CCOCOCc1ccccc1)C(F)(F)F. The van der Waals surface area contributed by atoms with Gasteiger partial charge < -0.3 is 14.2 Å². The van der Waals surface area contributed by atoms with Gasteiger partial charge in [-0.3, -0.25) is 4.79 Å². The van der Waals surface area contributed by atoms with E-state index in [0.29, 0.717) is 6.61 Å². The van der Waals surface area contributed by atoms with Gasteiger partial charge in [-0.15, -0.1) is 0 Å². The van der Waals surface area contributed by atoms with Crippen LogP contribution in [0, 0.1) is 11.8 Å². The molecule has 0 fully saturated rings. The fourth-order valence-corrected chi connectivity index (χ4v) is 1.36. The Kier molecular flexibility index (Phi) is 7.43. The largest absolute Gasteiger partial charge is 0.439 e. The molecule has 0 heterocycles. The molecule has 0 aliphatic heterocycles. The van der Waals surface area contributed by atoms with E-state index in [-0.39, 0.29) is 13.4 Å². The number of ether oxygens (including phenoxy) is 3. The third kappa shape index (κ3) is 7.67. The van der Waals surface area contributed by atoms with Gasteiger partial charge in [-0.2, -0.15) is 13.2 Å². The van der Waals surface area contributed by atoms with Gasteiger partial charge >= 0.3 is 12.1 Å². The Morgan fingerprint density at radius 3 is 2.50 bits per heavy atom. The van der Waals surface area contributed by atoms with Gasteiger partial charge in [0.05, 0.1) is 6.61 Å². The van der Waals surface area contributed by atoms with Crippen molar-refractivity contribution in [2.75, 3.05) is 13.4 Å². The lowest BCUT2D eigenvalue weighted by Crippen LogP contribution is -2.31. The van der Waals surface area contributed by atoms with Crippen LogP contribution in [0.25, 0.3) is 0 Å². The molecule has 120 valence electrons. The van der Waals surface area contributed by atoms with Crippen LogP contribution in [0.15, 0.2) is 30.3 Å². The van der Waals surface area contributed by atoms with Crippen LogP contribution in [0.4, 0.5) is 13.2 Å². The van der Waals surface area contributed by atoms with E-state index >= 15 is 0 Å². The number of hydrogen-bond acceptors (Lipinski definition) is 4. The third-order valence-electron chi connectivity index (χ3n) is 2.27. The summed E-state index contributed by atoms with van der Waals surface area (Å²) in [5, 5.41) is 0. The fraction of sp³-hybridized carbons (Fsp3) is 0.400. The van der Waals surface area contributed by atoms with Crippen LogP contribution in [0.5, 0.6) is 0 Å². The summed E-state index contributed by atoms with van der Waals surface area (Å²) in [6.07, 6.45) is -7.18. The summed E-state index contributed by atoms with van der Waals surface area (Å²) < 4.78 is 51.5. The summed E-state index contributed by atoms with van der Waals surface area (Å²) in [5.41, 5.74) is 0.948. The van der Waals surface area contributed by atoms with Crippen LogP contribution in [-0.4, -0.2) is 31.6 Å². The Balaban J connectivity index is 2.26. The highest BCUT2D eigenvalue weighted by Gasteiger charge is 2.41. The van der Waals surface area contributed by atoms with Crippen molar-refractivity contribution in [3.8, 4) is 11.8 Å². The molecule has 22 heavy (non-hydrogen) atoms. The van der Waals surface area contributed by atoms with Gasteiger partial charge in [0.1, 0.15) is 13.4 Å². The molecule has 0 aliphatic rings. The molecule has 1 atom stereocenters. The van der Waals surface area contributed by atoms with Crippen LogP contribution in [0.3, 0.4) is 0 Å². The molecule has 0 saturated heterocycles. The molecule has 1 aromatic rings. The van der Waals surface area contributed by atoms with Crippen molar-refractivity contribution in [2.45, 2.75) is 25.8 Å². The Hall–Kier alpha value is -2.04. The second-order valence-corrected chi connectivity index (χ2v) is 4.15. The van der Waals surface area contributed by atoms with Crippen molar-refractivity contribution in [1.82, 2.24) is 0 Å². The predicted molar refractivity (Wildman–Crippen MR) is 71.4 cm³/mol. The summed E-state index contributed by atoms with van der Waals surface area (Å²) in [6.45, 7) is 0.845. The van der Waals surface area contributed by atoms with Gasteiger partial charge in [0.15, 0.2) is 0 Å². The maximum atomic E-state index is 12.5. The molecular formula is C15H15F3O4. The minimum Gasteiger partial charge on any atom is -0.439 e. The molecule has 1 rings (SSSR count). The first-order valence-corrected chi connectivity index (χ1v) is 6.31. The Labute approximate surface area is 126 Å². The first kappa shape index (κ1) is 18.0. The first-order valence-electron chi connectivity index (χ1n) is 6.31. The fourth-order valence-electron chi connectivity index (χ4n) is 1.36. The van der Waals surface area contributed by atoms with Crippen molar-refractivity contribution in [1.29, 1.82) is 0 Å². The molecule has 0 radical (unpaired) electrons. The average Bonchev–Trinajstić information content (AvgIpc) is 2.44. The predicted octanol–water partition coefficient (Wildman–Crippen LogP) is 2.67. The van der Waals surface area contributed by atoms with Gasteiger partial charge in [-0.1, -0.05) is 36.3 Å². The number of halogens is 3. The molecule has 1 unspecified atom stereocenters. The van der Waals surface area contributed by atoms with Gasteiger partial charge in [-0.05, 0) is 11.5 Å². The van der Waals surface area contributed by atoms with E-state index in [0.717, 1.165) is 12.5 Å². The summed E-state index contributed by atoms with van der Waals surface area (Å²) in [6, 6.07) is 9.32. The van der Waals surface area contributed by atoms with Gasteiger partial charge in [0.25, 0.3) is 6.10 Å². The molecule has 0 spiro atoms. The Morgan fingerprint density at radius 2 is 1.91 bits per heavy atom. The van der Waals surface area contributed by atoms with Crippen molar-refractivity contribution in [2.24, 2.45) is 0 Å². The van der Waals surface area contributed by atoms with Crippen LogP contribution in [-0.2, 0) is 25.6 Å². The zero-order chi connectivity index (χ0) is 16.4. The molecule has 0 bridgehead atoms. The van der Waals surface area contributed by atoms with Crippen molar-refractivity contribution in [3.05, 3.63) is 35.9 Å². The highest BCUT2D eigenvalue weighted by molar-refractivity contribution is 5.66. The van der Waals surface area contributed by atoms with Crippen molar-refractivity contribution < 1.29 is 32.2 Å². The lowest BCUT2D eigenvalue weighted by atomic mass is 10.2. The molecular weight excluding hydrogens is 301 g/mol. The normalized spacial score (nSPS) is 12.2. The van der Waals surface area contributed by atoms with Crippen LogP contribution < -0.4 is 0 Å². The number of carbonyl (C=O) groups excluding carboxylic acids is 1. The smallest absolute Gasteiger partial charge is 0.437 e. The van der Waals surface area contributed by atoms with Crippen LogP contribution in [0.2, 0.25) is 0 Å². The highest BCUT2D eigenvalue weighted by atomic mass is 19.4. The van der Waals surface area contributed by atoms with E-state index in [9.17, 15) is 18.0 Å². The Bertz CT molecular complexity index is 517. The maximum absolute atomic E-state index is 12.5. The number of hydrogen-bond donors (Lipinski definition) is 0. The minimum atomic E-state index is -4.73. The molecule has 0 amide bonds. The summed E-state index contributed by atoms with van der Waals surface area (Å²) >= 11 is 0. The molecule has 0 saturated carbocycles. The van der Waals surface area contributed by atoms with Gasteiger partial charge in [0.2, 0.25) is 0 Å². The maximum Gasteiger partial charge on any atom is 0.437 e. The Morgan fingerprint density at radius 1 is 1.23 bits per heavy atom. The van der Waals surface area contributed by atoms with Crippen LogP contribution >= 0.6 is 0 Å². The molecule has 0 N–H and O–H groups in total. The van der Waals surface area contributed by atoms with Crippen LogP contribution in [0.1, 0.15) is 12.5 Å². The summed E-state index contributed by atoms with van der Waals surface area (Å²) in [5.74, 6) is 2.90. The zero-order valence-corrected chi connectivity index (χ0v) is 11.9. The average molecular weight is 316 g/mol. The molecule has 4 nitrogen and oxygen atoms in total. The second kappa shape index (κ2) is 9.07. The van der Waals surface area contributed by atoms with E-state index in [1.807, 2.05) is 30.3 Å². The van der Waals surface area contributed by atoms with E-state index < -0.39 is 18.2 Å². The number of carbonyl (C=O) groups is 1. The van der Waals surface area contributed by atoms with Gasteiger partial charge in [0, 0.05) is 6.92 Å². The van der Waals surface area contributed by atoms with E-state index in [1.165, 1.54) is 0 Å². The standard InChI is InChI=1S/C15H15F3O4/c1-12(19)22-14(15(16,17)18)8-5-9-20-11-21-10-13-6-3-2-4-7-13/h2-4,6-7,14H,9-11H2,1H3. The molecule has 0 aromatic heterocycles. The second-order valence-electron chi connectivity index (χ2n) is 4.15. The number of alkyl halides is 3. The van der Waals surface area contributed by atoms with E-state index in [1.54, 1.807) is 5.92 Å². The minimum absolute atomic E-state index is 0.103. The number of rotatable bonds is 6. The first-order chi connectivity index (χ1) is 10.4. The van der Waals surface area contributed by atoms with E-state index in [2.05, 4.69) is 10.7 Å². The quantitative estimate of drug-likeness (QED) is 0.350. The number of benzene rings is 1. The van der Waals surface area contributed by atoms with Crippen molar-refractivity contribution in [3.63, 3.8) is 0 Å². The van der Waals surface area contributed by atoms with E-state index in [4.69, 9.17) is 9.47 Å². The monoisotopic (exact) mass is 316 g/mol.